The average molecular weight is 277 g/mol. The molecule has 0 radical (unpaired) electrons. The van der Waals surface area contributed by atoms with Crippen LogP contribution in [-0.4, -0.2) is 40.4 Å². The standard InChI is InChI=1S/C11H13N5O2.C2H6/c1-16-6-7(4-8(16)5-12)10(17)15-9-11(18)14-3-2-13-9;1-2/h2-3,7-8H,4,6H2,1H3,(H,14,18)(H,13,15,17);1-2H3. The van der Waals surface area contributed by atoms with Gasteiger partial charge < -0.3 is 10.3 Å². The SMILES string of the molecule is CC.CN1CC(C(=O)Nc2ncc[nH]c2=O)CC1C#N. The quantitative estimate of drug-likeness (QED) is 0.823. The largest absolute Gasteiger partial charge is 0.324 e. The molecule has 1 aromatic rings. The summed E-state index contributed by atoms with van der Waals surface area (Å²) in [6.45, 7) is 4.51. The van der Waals surface area contributed by atoms with Gasteiger partial charge in [-0.25, -0.2) is 4.98 Å². The number of rotatable bonds is 2. The first-order chi connectivity index (χ1) is 9.61. The van der Waals surface area contributed by atoms with Gasteiger partial charge in [0.05, 0.1) is 18.0 Å². The molecule has 0 spiro atoms. The fourth-order valence-corrected chi connectivity index (χ4v) is 2.00. The highest BCUT2D eigenvalue weighted by atomic mass is 16.2. The summed E-state index contributed by atoms with van der Waals surface area (Å²) in [5.74, 6) is -0.574. The van der Waals surface area contributed by atoms with Crippen LogP contribution in [0, 0.1) is 17.2 Å². The first-order valence-corrected chi connectivity index (χ1v) is 6.56. The summed E-state index contributed by atoms with van der Waals surface area (Å²) in [7, 11) is 1.80. The second-order valence-electron chi connectivity index (χ2n) is 4.27. The summed E-state index contributed by atoms with van der Waals surface area (Å²) in [6.07, 6.45) is 3.27. The van der Waals surface area contributed by atoms with Crippen molar-refractivity contribution in [2.45, 2.75) is 26.3 Å². The topological polar surface area (TPSA) is 102 Å². The number of carbonyl (C=O) groups excluding carboxylic acids is 1. The normalized spacial score (nSPS) is 21.5. The van der Waals surface area contributed by atoms with E-state index in [4.69, 9.17) is 5.26 Å². The Kier molecular flexibility index (Phi) is 5.87. The maximum absolute atomic E-state index is 11.9. The van der Waals surface area contributed by atoms with Crippen molar-refractivity contribution in [2.24, 2.45) is 5.92 Å². The minimum absolute atomic E-state index is 0.00874. The van der Waals surface area contributed by atoms with Crippen LogP contribution in [0.25, 0.3) is 0 Å². The molecular formula is C13H19N5O2. The van der Waals surface area contributed by atoms with Gasteiger partial charge in [0.2, 0.25) is 5.91 Å². The number of hydrogen-bond acceptors (Lipinski definition) is 5. The van der Waals surface area contributed by atoms with Crippen LogP contribution in [0.4, 0.5) is 5.82 Å². The number of nitrogens with one attached hydrogen (secondary N) is 2. The van der Waals surface area contributed by atoms with Gasteiger partial charge in [-0.05, 0) is 13.5 Å². The molecule has 0 aliphatic carbocycles. The number of nitrogens with zero attached hydrogens (tertiary/aromatic N) is 3. The van der Waals surface area contributed by atoms with Gasteiger partial charge >= 0.3 is 0 Å². The molecule has 1 amide bonds. The molecule has 2 N–H and O–H groups in total. The van der Waals surface area contributed by atoms with E-state index in [1.54, 1.807) is 7.05 Å². The molecule has 0 saturated carbocycles. The number of carbonyl (C=O) groups is 1. The summed E-state index contributed by atoms with van der Waals surface area (Å²) in [6, 6.07) is 1.89. The lowest BCUT2D eigenvalue weighted by Gasteiger charge is -2.10. The van der Waals surface area contributed by atoms with Crippen molar-refractivity contribution >= 4 is 11.7 Å². The molecule has 1 aliphatic heterocycles. The van der Waals surface area contributed by atoms with Gasteiger partial charge in [0.1, 0.15) is 0 Å². The summed E-state index contributed by atoms with van der Waals surface area (Å²) >= 11 is 0. The van der Waals surface area contributed by atoms with Gasteiger partial charge in [-0.15, -0.1) is 0 Å². The van der Waals surface area contributed by atoms with E-state index in [1.165, 1.54) is 12.4 Å². The maximum Gasteiger partial charge on any atom is 0.291 e. The van der Waals surface area contributed by atoms with Gasteiger partial charge in [-0.2, -0.15) is 5.26 Å². The van der Waals surface area contributed by atoms with E-state index in [9.17, 15) is 9.59 Å². The van der Waals surface area contributed by atoms with Crippen LogP contribution < -0.4 is 10.9 Å². The van der Waals surface area contributed by atoms with Crippen LogP contribution >= 0.6 is 0 Å². The average Bonchev–Trinajstić information content (AvgIpc) is 2.85. The molecule has 20 heavy (non-hydrogen) atoms. The van der Waals surface area contributed by atoms with Crippen LogP contribution in [0.5, 0.6) is 0 Å². The van der Waals surface area contributed by atoms with Crippen molar-refractivity contribution in [2.75, 3.05) is 18.9 Å². The van der Waals surface area contributed by atoms with Crippen molar-refractivity contribution in [1.82, 2.24) is 14.9 Å². The van der Waals surface area contributed by atoms with Crippen molar-refractivity contribution in [3.05, 3.63) is 22.7 Å². The maximum atomic E-state index is 11.9. The van der Waals surface area contributed by atoms with E-state index in [0.29, 0.717) is 13.0 Å². The Morgan fingerprint density at radius 1 is 1.60 bits per heavy atom. The van der Waals surface area contributed by atoms with Crippen LogP contribution in [0.3, 0.4) is 0 Å². The van der Waals surface area contributed by atoms with E-state index in [1.807, 2.05) is 18.7 Å². The fourth-order valence-electron chi connectivity index (χ4n) is 2.00. The molecule has 7 heteroatoms. The van der Waals surface area contributed by atoms with E-state index in [0.717, 1.165) is 0 Å². The van der Waals surface area contributed by atoms with Gasteiger partial charge in [0.25, 0.3) is 5.56 Å². The zero-order chi connectivity index (χ0) is 15.1. The molecule has 1 saturated heterocycles. The summed E-state index contributed by atoms with van der Waals surface area (Å²) < 4.78 is 0. The highest BCUT2D eigenvalue weighted by Crippen LogP contribution is 2.21. The van der Waals surface area contributed by atoms with Crippen LogP contribution in [0.15, 0.2) is 17.2 Å². The molecule has 2 unspecified atom stereocenters. The summed E-state index contributed by atoms with van der Waals surface area (Å²) in [5, 5.41) is 11.4. The van der Waals surface area contributed by atoms with Crippen molar-refractivity contribution in [3.63, 3.8) is 0 Å². The van der Waals surface area contributed by atoms with Crippen LogP contribution in [0.2, 0.25) is 0 Å². The molecule has 2 heterocycles. The minimum atomic E-state index is -0.436. The Bertz CT molecular complexity index is 548. The molecule has 108 valence electrons. The number of hydrogen-bond donors (Lipinski definition) is 2. The summed E-state index contributed by atoms with van der Waals surface area (Å²) in [5.41, 5.74) is -0.436. The predicted octanol–water partition coefficient (Wildman–Crippen LogP) is 0.578. The number of likely N-dealkylation sites (tertiary alicyclic amines) is 1. The number of nitriles is 1. The first-order valence-electron chi connectivity index (χ1n) is 6.56. The smallest absolute Gasteiger partial charge is 0.291 e. The second kappa shape index (κ2) is 7.40. The minimum Gasteiger partial charge on any atom is -0.324 e. The molecule has 1 fully saturated rings. The van der Waals surface area contributed by atoms with Crippen molar-refractivity contribution in [3.8, 4) is 6.07 Å². The third-order valence-corrected chi connectivity index (χ3v) is 3.02. The lowest BCUT2D eigenvalue weighted by Crippen LogP contribution is -2.29. The first kappa shape index (κ1) is 15.9. The fraction of sp³-hybridized carbons (Fsp3) is 0.538. The molecule has 0 bridgehead atoms. The Morgan fingerprint density at radius 3 is 2.85 bits per heavy atom. The number of aromatic amines is 1. The molecule has 7 nitrogen and oxygen atoms in total. The Balaban J connectivity index is 0.000000956. The van der Waals surface area contributed by atoms with E-state index < -0.39 is 5.56 Å². The highest BCUT2D eigenvalue weighted by molar-refractivity contribution is 5.91. The summed E-state index contributed by atoms with van der Waals surface area (Å²) in [4.78, 5) is 31.3. The number of aromatic nitrogens is 2. The van der Waals surface area contributed by atoms with E-state index >= 15 is 0 Å². The predicted molar refractivity (Wildman–Crippen MR) is 75.0 cm³/mol. The highest BCUT2D eigenvalue weighted by Gasteiger charge is 2.34. The van der Waals surface area contributed by atoms with Gasteiger partial charge in [-0.1, -0.05) is 13.8 Å². The molecule has 1 aliphatic rings. The molecular weight excluding hydrogens is 258 g/mol. The Hall–Kier alpha value is -2.20. The lowest BCUT2D eigenvalue weighted by molar-refractivity contribution is -0.119. The zero-order valence-electron chi connectivity index (χ0n) is 11.9. The van der Waals surface area contributed by atoms with Crippen LogP contribution in [0.1, 0.15) is 20.3 Å². The Labute approximate surface area is 117 Å². The third kappa shape index (κ3) is 3.65. The molecule has 2 rings (SSSR count). The van der Waals surface area contributed by atoms with Crippen molar-refractivity contribution in [1.29, 1.82) is 5.26 Å². The molecule has 1 aromatic heterocycles. The lowest BCUT2D eigenvalue weighted by atomic mass is 10.1. The van der Waals surface area contributed by atoms with Crippen LogP contribution in [-0.2, 0) is 4.79 Å². The van der Waals surface area contributed by atoms with E-state index in [-0.39, 0.29) is 23.7 Å². The van der Waals surface area contributed by atoms with Gasteiger partial charge in [-0.3, -0.25) is 14.5 Å². The molecule has 2 atom stereocenters. The third-order valence-electron chi connectivity index (χ3n) is 3.02. The monoisotopic (exact) mass is 277 g/mol. The van der Waals surface area contributed by atoms with Gasteiger partial charge in [0, 0.05) is 18.9 Å². The number of anilines is 1. The van der Waals surface area contributed by atoms with Crippen molar-refractivity contribution < 1.29 is 4.79 Å². The zero-order valence-corrected chi connectivity index (χ0v) is 11.9. The van der Waals surface area contributed by atoms with E-state index in [2.05, 4.69) is 21.4 Å². The van der Waals surface area contributed by atoms with Gasteiger partial charge in [0.15, 0.2) is 5.82 Å². The Morgan fingerprint density at radius 2 is 2.30 bits per heavy atom. The second-order valence-corrected chi connectivity index (χ2v) is 4.27. The molecule has 0 aromatic carbocycles. The number of amides is 1. The number of H-pyrrole nitrogens is 1.